The Kier molecular flexibility index (Phi) is 8.61. The summed E-state index contributed by atoms with van der Waals surface area (Å²) in [6, 6.07) is 0. The van der Waals surface area contributed by atoms with Crippen molar-refractivity contribution in [1.29, 1.82) is 0 Å². The zero-order valence-electron chi connectivity index (χ0n) is 14.0. The summed E-state index contributed by atoms with van der Waals surface area (Å²) in [7, 11) is 0. The Labute approximate surface area is 138 Å². The Morgan fingerprint density at radius 3 is 2.55 bits per heavy atom. The minimum Gasteiger partial charge on any atom is -0.485 e. The molecular formula is C17H28O4S. The lowest BCUT2D eigenvalue weighted by atomic mass is 9.99. The summed E-state index contributed by atoms with van der Waals surface area (Å²) in [5, 5.41) is 0.00680. The Hall–Kier alpha value is -0.970. The first-order valence-corrected chi connectivity index (χ1v) is 9.07. The predicted molar refractivity (Wildman–Crippen MR) is 89.7 cm³/mol. The normalized spacial score (nSPS) is 20.9. The summed E-state index contributed by atoms with van der Waals surface area (Å²) in [4.78, 5) is 23.1. The highest BCUT2D eigenvalue weighted by molar-refractivity contribution is 8.15. The number of esters is 1. The summed E-state index contributed by atoms with van der Waals surface area (Å²) in [5.41, 5.74) is 0. The van der Waals surface area contributed by atoms with Crippen molar-refractivity contribution in [1.82, 2.24) is 0 Å². The van der Waals surface area contributed by atoms with Crippen LogP contribution in [0.5, 0.6) is 0 Å². The Morgan fingerprint density at radius 1 is 1.18 bits per heavy atom. The summed E-state index contributed by atoms with van der Waals surface area (Å²) in [6.07, 6.45) is 9.71. The topological polar surface area (TPSA) is 52.6 Å². The third kappa shape index (κ3) is 6.42. The summed E-state index contributed by atoms with van der Waals surface area (Å²) in [6.45, 7) is 6.20. The number of thioether (sulfide) groups is 1. The van der Waals surface area contributed by atoms with Crippen LogP contribution >= 0.6 is 11.8 Å². The molecule has 5 heteroatoms. The molecule has 1 atom stereocenters. The number of ether oxygens (including phenoxy) is 2. The van der Waals surface area contributed by atoms with E-state index in [1.54, 1.807) is 6.92 Å². The van der Waals surface area contributed by atoms with Crippen LogP contribution in [0, 0.1) is 0 Å². The van der Waals surface area contributed by atoms with Gasteiger partial charge in [0.1, 0.15) is 5.76 Å². The molecular weight excluding hydrogens is 300 g/mol. The van der Waals surface area contributed by atoms with E-state index in [1.165, 1.54) is 49.9 Å². The third-order valence-electron chi connectivity index (χ3n) is 3.75. The second kappa shape index (κ2) is 9.93. The number of carbonyl (C=O) groups excluding carboxylic acids is 2. The Balaban J connectivity index is 2.40. The van der Waals surface area contributed by atoms with Gasteiger partial charge in [-0.25, -0.2) is 4.79 Å². The summed E-state index contributed by atoms with van der Waals surface area (Å²) < 4.78 is 10.1. The fourth-order valence-electron chi connectivity index (χ4n) is 2.51. The molecule has 1 aliphatic rings. The average molecular weight is 328 g/mol. The highest BCUT2D eigenvalue weighted by atomic mass is 32.2. The predicted octanol–water partition coefficient (Wildman–Crippen LogP) is 4.23. The van der Waals surface area contributed by atoms with E-state index < -0.39 is 5.97 Å². The quantitative estimate of drug-likeness (QED) is 0.419. The molecule has 4 nitrogen and oxygen atoms in total. The first-order valence-electron chi connectivity index (χ1n) is 8.25. The SMILES string of the molecule is CCCCCCCC[C@@]1(C)SC(=O)C=C1OCC(=O)OCC. The molecule has 1 rings (SSSR count). The van der Waals surface area contributed by atoms with E-state index in [0.29, 0.717) is 12.4 Å². The average Bonchev–Trinajstić information content (AvgIpc) is 2.75. The van der Waals surface area contributed by atoms with Crippen molar-refractivity contribution in [3.05, 3.63) is 11.8 Å². The van der Waals surface area contributed by atoms with Crippen LogP contribution in [0.4, 0.5) is 0 Å². The zero-order chi connectivity index (χ0) is 16.4. The maximum absolute atomic E-state index is 11.7. The maximum Gasteiger partial charge on any atom is 0.344 e. The first kappa shape index (κ1) is 19.1. The van der Waals surface area contributed by atoms with Crippen LogP contribution < -0.4 is 0 Å². The van der Waals surface area contributed by atoms with E-state index in [0.717, 1.165) is 12.8 Å². The monoisotopic (exact) mass is 328 g/mol. The number of unbranched alkanes of at least 4 members (excludes halogenated alkanes) is 5. The van der Waals surface area contributed by atoms with Crippen LogP contribution in [0.15, 0.2) is 11.8 Å². The lowest BCUT2D eigenvalue weighted by molar-refractivity contribution is -0.147. The van der Waals surface area contributed by atoms with Crippen molar-refractivity contribution in [3.8, 4) is 0 Å². The molecule has 126 valence electrons. The van der Waals surface area contributed by atoms with E-state index in [9.17, 15) is 9.59 Å². The lowest BCUT2D eigenvalue weighted by Crippen LogP contribution is -2.24. The van der Waals surface area contributed by atoms with Crippen molar-refractivity contribution in [2.24, 2.45) is 0 Å². The van der Waals surface area contributed by atoms with Gasteiger partial charge in [0.15, 0.2) is 6.61 Å². The third-order valence-corrected chi connectivity index (χ3v) is 4.93. The molecule has 0 aromatic carbocycles. The van der Waals surface area contributed by atoms with E-state index in [1.807, 2.05) is 6.92 Å². The zero-order valence-corrected chi connectivity index (χ0v) is 14.8. The van der Waals surface area contributed by atoms with Gasteiger partial charge in [-0.1, -0.05) is 57.2 Å². The second-order valence-corrected chi connectivity index (χ2v) is 7.28. The van der Waals surface area contributed by atoms with Crippen molar-refractivity contribution in [2.75, 3.05) is 13.2 Å². The summed E-state index contributed by atoms with van der Waals surface area (Å²) in [5.74, 6) is 0.221. The van der Waals surface area contributed by atoms with Crippen molar-refractivity contribution >= 4 is 22.8 Å². The van der Waals surface area contributed by atoms with Crippen LogP contribution in [-0.2, 0) is 19.1 Å². The molecule has 0 N–H and O–H groups in total. The standard InChI is InChI=1S/C17H28O4S/c1-4-6-7-8-9-10-11-17(3)14(12-16(19)22-17)21-13-15(18)20-5-2/h12H,4-11,13H2,1-3H3/t17-/m1/s1. The van der Waals surface area contributed by atoms with E-state index in [-0.39, 0.29) is 16.5 Å². The van der Waals surface area contributed by atoms with Gasteiger partial charge < -0.3 is 9.47 Å². The molecule has 0 aliphatic carbocycles. The van der Waals surface area contributed by atoms with E-state index >= 15 is 0 Å². The maximum atomic E-state index is 11.7. The molecule has 0 fully saturated rings. The molecule has 0 aromatic rings. The smallest absolute Gasteiger partial charge is 0.344 e. The highest BCUT2D eigenvalue weighted by Crippen LogP contribution is 2.44. The molecule has 0 spiro atoms. The minimum atomic E-state index is -0.394. The Morgan fingerprint density at radius 2 is 1.86 bits per heavy atom. The van der Waals surface area contributed by atoms with Crippen molar-refractivity contribution < 1.29 is 19.1 Å². The van der Waals surface area contributed by atoms with Crippen LogP contribution in [0.2, 0.25) is 0 Å². The minimum absolute atomic E-state index is 0.00680. The van der Waals surface area contributed by atoms with Gasteiger partial charge in [-0.05, 0) is 20.3 Å². The highest BCUT2D eigenvalue weighted by Gasteiger charge is 2.39. The van der Waals surface area contributed by atoms with Gasteiger partial charge in [0.25, 0.3) is 0 Å². The van der Waals surface area contributed by atoms with Gasteiger partial charge in [0.2, 0.25) is 5.12 Å². The van der Waals surface area contributed by atoms with E-state index in [2.05, 4.69) is 6.92 Å². The molecule has 0 bridgehead atoms. The largest absolute Gasteiger partial charge is 0.485 e. The number of rotatable bonds is 11. The lowest BCUT2D eigenvalue weighted by Gasteiger charge is -2.25. The van der Waals surface area contributed by atoms with Crippen molar-refractivity contribution in [3.63, 3.8) is 0 Å². The van der Waals surface area contributed by atoms with Crippen LogP contribution in [0.1, 0.15) is 65.7 Å². The van der Waals surface area contributed by atoms with Gasteiger partial charge in [-0.15, -0.1) is 0 Å². The molecule has 0 amide bonds. The Bertz CT molecular complexity index is 405. The van der Waals surface area contributed by atoms with Gasteiger partial charge in [0.05, 0.1) is 11.4 Å². The molecule has 1 aliphatic heterocycles. The number of carbonyl (C=O) groups is 2. The molecule has 0 aromatic heterocycles. The molecule has 0 unspecified atom stereocenters. The molecule has 0 saturated heterocycles. The van der Waals surface area contributed by atoms with Gasteiger partial charge in [-0.2, -0.15) is 0 Å². The second-order valence-electron chi connectivity index (χ2n) is 5.77. The molecule has 0 saturated carbocycles. The van der Waals surface area contributed by atoms with Gasteiger partial charge in [-0.3, -0.25) is 4.79 Å². The van der Waals surface area contributed by atoms with Crippen LogP contribution in [0.25, 0.3) is 0 Å². The van der Waals surface area contributed by atoms with E-state index in [4.69, 9.17) is 9.47 Å². The van der Waals surface area contributed by atoms with Gasteiger partial charge >= 0.3 is 5.97 Å². The van der Waals surface area contributed by atoms with Gasteiger partial charge in [0, 0.05) is 6.08 Å². The molecule has 1 heterocycles. The summed E-state index contributed by atoms with van der Waals surface area (Å²) >= 11 is 1.30. The first-order chi connectivity index (χ1) is 10.5. The number of hydrogen-bond donors (Lipinski definition) is 0. The fraction of sp³-hybridized carbons (Fsp3) is 0.765. The van der Waals surface area contributed by atoms with Crippen LogP contribution in [0.3, 0.4) is 0 Å². The molecule has 0 radical (unpaired) electrons. The molecule has 22 heavy (non-hydrogen) atoms. The fourth-order valence-corrected chi connectivity index (χ4v) is 3.59. The number of hydrogen-bond acceptors (Lipinski definition) is 5. The van der Waals surface area contributed by atoms with Crippen molar-refractivity contribution in [2.45, 2.75) is 70.5 Å². The van der Waals surface area contributed by atoms with Crippen LogP contribution in [-0.4, -0.2) is 29.0 Å².